The van der Waals surface area contributed by atoms with E-state index < -0.39 is 17.1 Å². The van der Waals surface area contributed by atoms with Crippen LogP contribution in [0.2, 0.25) is 5.02 Å². The second-order valence-corrected chi connectivity index (χ2v) is 7.82. The lowest BCUT2D eigenvalue weighted by atomic mass is 10.0. The number of imide groups is 1. The zero-order valence-electron chi connectivity index (χ0n) is 15.1. The van der Waals surface area contributed by atoms with Gasteiger partial charge in [-0.3, -0.25) is 19.3 Å². The first-order chi connectivity index (χ1) is 14.0. The first-order valence-corrected chi connectivity index (χ1v) is 9.99. The van der Waals surface area contributed by atoms with Gasteiger partial charge >= 0.3 is 0 Å². The van der Waals surface area contributed by atoms with Crippen LogP contribution in [0, 0.1) is 0 Å². The summed E-state index contributed by atoms with van der Waals surface area (Å²) in [4.78, 5) is 38.6. The molecule has 3 aromatic carbocycles. The van der Waals surface area contributed by atoms with Crippen molar-refractivity contribution in [2.45, 2.75) is 0 Å². The molecular weight excluding hydrogens is 408 g/mol. The van der Waals surface area contributed by atoms with Gasteiger partial charge in [-0.25, -0.2) is 0 Å². The lowest BCUT2D eigenvalue weighted by Crippen LogP contribution is -2.36. The summed E-state index contributed by atoms with van der Waals surface area (Å²) in [6, 6.07) is 20.2. The number of nitrogens with zero attached hydrogens (tertiary/aromatic N) is 1. The molecule has 1 aliphatic rings. The highest BCUT2D eigenvalue weighted by Crippen LogP contribution is 2.33. The molecule has 144 valence electrons. The molecule has 0 aromatic heterocycles. The minimum Gasteiger partial charge on any atom is -0.324 e. The number of anilines is 1. The van der Waals surface area contributed by atoms with Crippen molar-refractivity contribution in [2.75, 3.05) is 11.9 Å². The maximum absolute atomic E-state index is 12.7. The number of thioether (sulfide) groups is 1. The van der Waals surface area contributed by atoms with Crippen molar-refractivity contribution in [3.63, 3.8) is 0 Å². The average molecular weight is 423 g/mol. The van der Waals surface area contributed by atoms with E-state index >= 15 is 0 Å². The fourth-order valence-corrected chi connectivity index (χ4v) is 4.08. The van der Waals surface area contributed by atoms with E-state index in [0.717, 1.165) is 33.0 Å². The topological polar surface area (TPSA) is 66.5 Å². The highest BCUT2D eigenvalue weighted by molar-refractivity contribution is 8.18. The number of rotatable bonds is 4. The van der Waals surface area contributed by atoms with Gasteiger partial charge in [-0.1, -0.05) is 60.1 Å². The molecule has 0 saturated carbocycles. The molecule has 0 unspecified atom stereocenters. The Balaban J connectivity index is 1.52. The van der Waals surface area contributed by atoms with E-state index in [4.69, 9.17) is 11.6 Å². The molecule has 29 heavy (non-hydrogen) atoms. The second kappa shape index (κ2) is 8.11. The van der Waals surface area contributed by atoms with Crippen molar-refractivity contribution >= 4 is 63.0 Å². The monoisotopic (exact) mass is 422 g/mol. The highest BCUT2D eigenvalue weighted by atomic mass is 35.5. The standard InChI is InChI=1S/C22H15ClN2O3S/c23-16-8-4-9-17(12-16)24-20(26)13-25-21(27)19(29-22(25)28)11-15-7-3-6-14-5-1-2-10-18(14)15/h1-12H,13H2,(H,24,26)/b19-11+. The third-order valence-corrected chi connectivity index (χ3v) is 5.54. The number of carbonyl (C=O) groups is 3. The third-order valence-electron chi connectivity index (χ3n) is 4.39. The quantitative estimate of drug-likeness (QED) is 0.589. The van der Waals surface area contributed by atoms with Gasteiger partial charge in [-0.2, -0.15) is 0 Å². The van der Waals surface area contributed by atoms with Crippen LogP contribution >= 0.6 is 23.4 Å². The zero-order valence-corrected chi connectivity index (χ0v) is 16.7. The Morgan fingerprint density at radius 1 is 1.03 bits per heavy atom. The Kier molecular flexibility index (Phi) is 5.38. The number of carbonyl (C=O) groups excluding carboxylic acids is 3. The molecule has 1 heterocycles. The van der Waals surface area contributed by atoms with E-state index in [9.17, 15) is 14.4 Å². The second-order valence-electron chi connectivity index (χ2n) is 6.39. The summed E-state index contributed by atoms with van der Waals surface area (Å²) in [5.41, 5.74) is 1.35. The molecule has 0 radical (unpaired) electrons. The number of halogens is 1. The van der Waals surface area contributed by atoms with Crippen LogP contribution in [0.15, 0.2) is 71.6 Å². The van der Waals surface area contributed by atoms with E-state index in [2.05, 4.69) is 5.32 Å². The Morgan fingerprint density at radius 3 is 2.62 bits per heavy atom. The van der Waals surface area contributed by atoms with Gasteiger partial charge in [0.15, 0.2) is 0 Å². The molecule has 0 atom stereocenters. The van der Waals surface area contributed by atoms with E-state index in [1.54, 1.807) is 30.3 Å². The minimum absolute atomic E-state index is 0.293. The Hall–Kier alpha value is -3.09. The van der Waals surface area contributed by atoms with Crippen molar-refractivity contribution in [1.29, 1.82) is 0 Å². The molecule has 3 aromatic rings. The minimum atomic E-state index is -0.478. The summed E-state index contributed by atoms with van der Waals surface area (Å²) in [6.45, 7) is -0.357. The van der Waals surface area contributed by atoms with Crippen LogP contribution in [0.4, 0.5) is 10.5 Å². The summed E-state index contributed by atoms with van der Waals surface area (Å²) in [5.74, 6) is -0.949. The Morgan fingerprint density at radius 2 is 1.79 bits per heavy atom. The maximum Gasteiger partial charge on any atom is 0.294 e. The van der Waals surface area contributed by atoms with Gasteiger partial charge in [0.25, 0.3) is 11.1 Å². The van der Waals surface area contributed by atoms with E-state index in [-0.39, 0.29) is 6.54 Å². The molecule has 5 nitrogen and oxygen atoms in total. The molecule has 0 spiro atoms. The van der Waals surface area contributed by atoms with Crippen molar-refractivity contribution in [1.82, 2.24) is 4.90 Å². The Bertz CT molecular complexity index is 1170. The highest BCUT2D eigenvalue weighted by Gasteiger charge is 2.36. The van der Waals surface area contributed by atoms with Crippen molar-refractivity contribution in [3.8, 4) is 0 Å². The summed E-state index contributed by atoms with van der Waals surface area (Å²) in [5, 5.41) is 4.68. The third kappa shape index (κ3) is 4.18. The van der Waals surface area contributed by atoms with Crippen LogP contribution in [-0.2, 0) is 9.59 Å². The summed E-state index contributed by atoms with van der Waals surface area (Å²) < 4.78 is 0. The van der Waals surface area contributed by atoms with Gasteiger partial charge in [0.2, 0.25) is 5.91 Å². The fourth-order valence-electron chi connectivity index (χ4n) is 3.06. The number of hydrogen-bond acceptors (Lipinski definition) is 4. The molecule has 0 bridgehead atoms. The predicted octanol–water partition coefficient (Wildman–Crippen LogP) is 5.17. The number of benzene rings is 3. The molecule has 3 amide bonds. The smallest absolute Gasteiger partial charge is 0.294 e. The summed E-state index contributed by atoms with van der Waals surface area (Å²) in [7, 11) is 0. The SMILES string of the molecule is O=C(CN1C(=O)S/C(=C/c2cccc3ccccc23)C1=O)Nc1cccc(Cl)c1. The van der Waals surface area contributed by atoms with Crippen LogP contribution in [0.3, 0.4) is 0 Å². The normalized spacial score (nSPS) is 15.3. The van der Waals surface area contributed by atoms with Crippen LogP contribution in [0.25, 0.3) is 16.8 Å². The summed E-state index contributed by atoms with van der Waals surface area (Å²) >= 11 is 6.74. The van der Waals surface area contributed by atoms with Crippen LogP contribution in [0.5, 0.6) is 0 Å². The van der Waals surface area contributed by atoms with Crippen molar-refractivity contribution in [3.05, 3.63) is 82.2 Å². The largest absolute Gasteiger partial charge is 0.324 e. The molecule has 1 aliphatic heterocycles. The van der Waals surface area contributed by atoms with Crippen molar-refractivity contribution in [2.24, 2.45) is 0 Å². The number of nitrogens with one attached hydrogen (secondary N) is 1. The predicted molar refractivity (Wildman–Crippen MR) is 117 cm³/mol. The van der Waals surface area contributed by atoms with Gasteiger partial charge in [-0.15, -0.1) is 0 Å². The maximum atomic E-state index is 12.7. The Labute approximate surface area is 176 Å². The lowest BCUT2D eigenvalue weighted by molar-refractivity contribution is -0.127. The first-order valence-electron chi connectivity index (χ1n) is 8.80. The van der Waals surface area contributed by atoms with E-state index in [1.807, 2.05) is 42.5 Å². The van der Waals surface area contributed by atoms with Gasteiger partial charge in [0.05, 0.1) is 4.91 Å². The zero-order chi connectivity index (χ0) is 20.4. The molecule has 1 saturated heterocycles. The molecule has 4 rings (SSSR count). The van der Waals surface area contributed by atoms with Gasteiger partial charge in [-0.05, 0) is 52.4 Å². The number of amides is 3. The summed E-state index contributed by atoms with van der Waals surface area (Å²) in [6.07, 6.45) is 1.70. The van der Waals surface area contributed by atoms with Gasteiger partial charge in [0, 0.05) is 10.7 Å². The van der Waals surface area contributed by atoms with Crippen LogP contribution < -0.4 is 5.32 Å². The lowest BCUT2D eigenvalue weighted by Gasteiger charge is -2.12. The van der Waals surface area contributed by atoms with Gasteiger partial charge < -0.3 is 5.32 Å². The molecule has 7 heteroatoms. The molecule has 1 fully saturated rings. The van der Waals surface area contributed by atoms with Gasteiger partial charge in [0.1, 0.15) is 6.54 Å². The van der Waals surface area contributed by atoms with Crippen LogP contribution in [0.1, 0.15) is 5.56 Å². The molecule has 0 aliphatic carbocycles. The first kappa shape index (κ1) is 19.2. The number of hydrogen-bond donors (Lipinski definition) is 1. The van der Waals surface area contributed by atoms with E-state index in [0.29, 0.717) is 15.6 Å². The number of fused-ring (bicyclic) bond motifs is 1. The van der Waals surface area contributed by atoms with Crippen LogP contribution in [-0.4, -0.2) is 28.5 Å². The van der Waals surface area contributed by atoms with Crippen molar-refractivity contribution < 1.29 is 14.4 Å². The molecule has 1 N–H and O–H groups in total. The average Bonchev–Trinajstić information content (AvgIpc) is 2.96. The molecular formula is C22H15ClN2O3S. The van der Waals surface area contributed by atoms with E-state index in [1.165, 1.54) is 0 Å². The fraction of sp³-hybridized carbons (Fsp3) is 0.0455.